The molecule has 2 rings (SSSR count). The predicted molar refractivity (Wildman–Crippen MR) is 63.6 cm³/mol. The number of para-hydroxylation sites is 1. The fourth-order valence-electron chi connectivity index (χ4n) is 2.38. The van der Waals surface area contributed by atoms with Crippen molar-refractivity contribution in [2.24, 2.45) is 0 Å². The van der Waals surface area contributed by atoms with E-state index in [-0.39, 0.29) is 0 Å². The summed E-state index contributed by atoms with van der Waals surface area (Å²) in [4.78, 5) is 11.2. The largest absolute Gasteiger partial charge is 0.494 e. The van der Waals surface area contributed by atoms with E-state index in [0.29, 0.717) is 30.2 Å². The van der Waals surface area contributed by atoms with Crippen LogP contribution in [0.15, 0.2) is 18.2 Å². The zero-order valence-electron chi connectivity index (χ0n) is 9.53. The number of nitrogen functional groups attached to an aromatic ring is 1. The average Bonchev–Trinajstić information content (AvgIpc) is 2.30. The fraction of sp³-hybridized carbons (Fsp3) is 0.462. The molecule has 0 amide bonds. The zero-order chi connectivity index (χ0) is 11.5. The molecule has 1 aliphatic rings. The van der Waals surface area contributed by atoms with Crippen LogP contribution in [0.4, 0.5) is 5.69 Å². The van der Waals surface area contributed by atoms with Crippen molar-refractivity contribution in [3.63, 3.8) is 0 Å². The summed E-state index contributed by atoms with van der Waals surface area (Å²) < 4.78 is 5.35. The van der Waals surface area contributed by atoms with E-state index in [0.717, 1.165) is 24.2 Å². The number of benzene rings is 1. The number of anilines is 1. The first-order valence-corrected chi connectivity index (χ1v) is 5.66. The van der Waals surface area contributed by atoms with Gasteiger partial charge in [0.05, 0.1) is 12.8 Å². The van der Waals surface area contributed by atoms with Crippen LogP contribution in [0, 0.1) is 0 Å². The van der Waals surface area contributed by atoms with Gasteiger partial charge < -0.3 is 10.5 Å². The number of Topliss-reactive ketones (excluding diaryl/α,β-unsaturated/α-hetero) is 1. The predicted octanol–water partition coefficient (Wildman–Crippen LogP) is 2.50. The second kappa shape index (κ2) is 4.56. The molecule has 0 spiro atoms. The van der Waals surface area contributed by atoms with Gasteiger partial charge in [-0.1, -0.05) is 12.1 Å². The number of carbonyl (C=O) groups excluding carboxylic acids is 1. The molecule has 1 fully saturated rings. The van der Waals surface area contributed by atoms with E-state index in [1.54, 1.807) is 7.11 Å². The molecule has 0 aliphatic heterocycles. The summed E-state index contributed by atoms with van der Waals surface area (Å²) in [7, 11) is 1.64. The minimum Gasteiger partial charge on any atom is -0.494 e. The molecule has 0 radical (unpaired) electrons. The fourth-order valence-corrected chi connectivity index (χ4v) is 2.38. The van der Waals surface area contributed by atoms with Crippen LogP contribution in [0.5, 0.6) is 5.75 Å². The number of carbonyl (C=O) groups is 1. The van der Waals surface area contributed by atoms with Gasteiger partial charge in [0.2, 0.25) is 0 Å². The third kappa shape index (κ3) is 2.03. The Morgan fingerprint density at radius 1 is 1.31 bits per heavy atom. The maximum Gasteiger partial charge on any atom is 0.145 e. The van der Waals surface area contributed by atoms with Gasteiger partial charge in [-0.25, -0.2) is 0 Å². The van der Waals surface area contributed by atoms with Crippen molar-refractivity contribution in [2.75, 3.05) is 12.8 Å². The molecule has 0 saturated heterocycles. The van der Waals surface area contributed by atoms with Crippen molar-refractivity contribution >= 4 is 11.5 Å². The molecule has 3 heteroatoms. The number of rotatable bonds is 2. The minimum absolute atomic E-state index is 0.374. The van der Waals surface area contributed by atoms with E-state index in [9.17, 15) is 4.79 Å². The van der Waals surface area contributed by atoms with Gasteiger partial charge >= 0.3 is 0 Å². The second-order valence-electron chi connectivity index (χ2n) is 4.28. The summed E-state index contributed by atoms with van der Waals surface area (Å²) in [6, 6.07) is 5.84. The Labute approximate surface area is 95.6 Å². The smallest absolute Gasteiger partial charge is 0.145 e. The van der Waals surface area contributed by atoms with Crippen LogP contribution in [0.3, 0.4) is 0 Å². The number of methoxy groups -OCH3 is 1. The van der Waals surface area contributed by atoms with Crippen molar-refractivity contribution in [3.8, 4) is 5.75 Å². The maximum atomic E-state index is 11.2. The van der Waals surface area contributed by atoms with Crippen LogP contribution < -0.4 is 10.5 Å². The zero-order valence-corrected chi connectivity index (χ0v) is 9.53. The second-order valence-corrected chi connectivity index (χ2v) is 4.28. The Hall–Kier alpha value is -1.51. The lowest BCUT2D eigenvalue weighted by Gasteiger charge is -2.23. The van der Waals surface area contributed by atoms with Gasteiger partial charge in [-0.05, 0) is 30.4 Å². The van der Waals surface area contributed by atoms with E-state index in [4.69, 9.17) is 10.5 Å². The first kappa shape index (κ1) is 11.0. The summed E-state index contributed by atoms with van der Waals surface area (Å²) in [5.41, 5.74) is 7.70. The molecular weight excluding hydrogens is 202 g/mol. The van der Waals surface area contributed by atoms with Gasteiger partial charge in [0, 0.05) is 12.8 Å². The van der Waals surface area contributed by atoms with Crippen molar-refractivity contribution in [1.82, 2.24) is 0 Å². The molecule has 0 heterocycles. The van der Waals surface area contributed by atoms with Gasteiger partial charge in [-0.3, -0.25) is 4.79 Å². The van der Waals surface area contributed by atoms with Crippen LogP contribution in [0.1, 0.15) is 37.2 Å². The highest BCUT2D eigenvalue weighted by Crippen LogP contribution is 2.38. The number of hydrogen-bond donors (Lipinski definition) is 1. The first-order valence-electron chi connectivity index (χ1n) is 5.66. The van der Waals surface area contributed by atoms with Gasteiger partial charge in [-0.15, -0.1) is 0 Å². The maximum absolute atomic E-state index is 11.2. The first-order chi connectivity index (χ1) is 7.72. The molecule has 0 bridgehead atoms. The Balaban J connectivity index is 2.26. The Kier molecular flexibility index (Phi) is 3.13. The number of ketones is 1. The molecule has 86 valence electrons. The lowest BCUT2D eigenvalue weighted by Crippen LogP contribution is -2.13. The molecule has 1 aliphatic carbocycles. The van der Waals surface area contributed by atoms with E-state index in [1.807, 2.05) is 12.1 Å². The molecule has 0 atom stereocenters. The third-order valence-corrected chi connectivity index (χ3v) is 3.26. The van der Waals surface area contributed by atoms with Gasteiger partial charge in [0.25, 0.3) is 0 Å². The van der Waals surface area contributed by atoms with E-state index < -0.39 is 0 Å². The number of nitrogens with two attached hydrogens (primary N) is 1. The van der Waals surface area contributed by atoms with Crippen molar-refractivity contribution in [3.05, 3.63) is 23.8 Å². The summed E-state index contributed by atoms with van der Waals surface area (Å²) >= 11 is 0. The van der Waals surface area contributed by atoms with Gasteiger partial charge in [0.1, 0.15) is 11.5 Å². The van der Waals surface area contributed by atoms with Crippen LogP contribution in [0.2, 0.25) is 0 Å². The molecule has 1 saturated carbocycles. The standard InChI is InChI=1S/C13H17NO2/c1-16-13-11(3-2-4-12(13)14)9-5-7-10(15)8-6-9/h2-4,9H,5-8,14H2,1H3. The quantitative estimate of drug-likeness (QED) is 0.777. The molecule has 1 aromatic carbocycles. The van der Waals surface area contributed by atoms with Crippen LogP contribution >= 0.6 is 0 Å². The Bertz CT molecular complexity index is 391. The monoisotopic (exact) mass is 219 g/mol. The number of hydrogen-bond acceptors (Lipinski definition) is 3. The third-order valence-electron chi connectivity index (χ3n) is 3.26. The topological polar surface area (TPSA) is 52.3 Å². The Morgan fingerprint density at radius 3 is 2.62 bits per heavy atom. The molecular formula is C13H17NO2. The van der Waals surface area contributed by atoms with E-state index in [1.165, 1.54) is 0 Å². The Morgan fingerprint density at radius 2 is 2.00 bits per heavy atom. The summed E-state index contributed by atoms with van der Waals surface area (Å²) in [5, 5.41) is 0. The molecule has 0 unspecified atom stereocenters. The van der Waals surface area contributed by atoms with Crippen LogP contribution in [0.25, 0.3) is 0 Å². The molecule has 3 nitrogen and oxygen atoms in total. The highest BCUT2D eigenvalue weighted by molar-refractivity contribution is 5.79. The summed E-state index contributed by atoms with van der Waals surface area (Å²) in [6.07, 6.45) is 3.20. The van der Waals surface area contributed by atoms with E-state index in [2.05, 4.69) is 6.07 Å². The summed E-state index contributed by atoms with van der Waals surface area (Å²) in [5.74, 6) is 1.57. The SMILES string of the molecule is COc1c(N)cccc1C1CCC(=O)CC1. The van der Waals surface area contributed by atoms with E-state index >= 15 is 0 Å². The van der Waals surface area contributed by atoms with Crippen LogP contribution in [-0.4, -0.2) is 12.9 Å². The van der Waals surface area contributed by atoms with Gasteiger partial charge in [-0.2, -0.15) is 0 Å². The van der Waals surface area contributed by atoms with Crippen molar-refractivity contribution in [2.45, 2.75) is 31.6 Å². The van der Waals surface area contributed by atoms with Crippen LogP contribution in [-0.2, 0) is 4.79 Å². The molecule has 2 N–H and O–H groups in total. The van der Waals surface area contributed by atoms with Crippen molar-refractivity contribution in [1.29, 1.82) is 0 Å². The average molecular weight is 219 g/mol. The lowest BCUT2D eigenvalue weighted by atomic mass is 9.83. The molecule has 16 heavy (non-hydrogen) atoms. The minimum atomic E-state index is 0.374. The summed E-state index contributed by atoms with van der Waals surface area (Å²) in [6.45, 7) is 0. The number of ether oxygens (including phenoxy) is 1. The molecule has 1 aromatic rings. The highest BCUT2D eigenvalue weighted by atomic mass is 16.5. The molecule has 0 aromatic heterocycles. The van der Waals surface area contributed by atoms with Gasteiger partial charge in [0.15, 0.2) is 0 Å². The normalized spacial score (nSPS) is 17.4. The van der Waals surface area contributed by atoms with Crippen molar-refractivity contribution < 1.29 is 9.53 Å². The highest BCUT2D eigenvalue weighted by Gasteiger charge is 2.23. The lowest BCUT2D eigenvalue weighted by molar-refractivity contribution is -0.120.